The average molecular weight is 468 g/mol. The van der Waals surface area contributed by atoms with Crippen molar-refractivity contribution >= 4 is 23.6 Å². The van der Waals surface area contributed by atoms with Gasteiger partial charge >= 0.3 is 0 Å². The zero-order valence-electron chi connectivity index (χ0n) is 18.5. The Balaban J connectivity index is 1.30. The number of amides is 2. The highest BCUT2D eigenvalue weighted by Crippen LogP contribution is 2.24. The lowest BCUT2D eigenvalue weighted by Crippen LogP contribution is -2.20. The van der Waals surface area contributed by atoms with Crippen molar-refractivity contribution in [3.05, 3.63) is 120 Å². The highest BCUT2D eigenvalue weighted by atomic mass is 19.1. The molecule has 0 fully saturated rings. The van der Waals surface area contributed by atoms with Crippen molar-refractivity contribution in [2.45, 2.75) is 6.54 Å². The van der Waals surface area contributed by atoms with E-state index in [0.717, 1.165) is 5.56 Å². The number of halogens is 1. The number of carbonyl (C=O) groups is 2. The summed E-state index contributed by atoms with van der Waals surface area (Å²) in [6.45, 7) is 0.258. The molecule has 0 spiro atoms. The molecule has 2 amide bonds. The first-order chi connectivity index (χ1) is 17.1. The highest BCUT2D eigenvalue weighted by molar-refractivity contribution is 6.04. The number of nitrogens with zero attached hydrogens (tertiary/aromatic N) is 2. The van der Waals surface area contributed by atoms with Gasteiger partial charge in [0, 0.05) is 42.5 Å². The molecule has 0 bridgehead atoms. The molecule has 174 valence electrons. The van der Waals surface area contributed by atoms with E-state index in [9.17, 15) is 14.0 Å². The first kappa shape index (κ1) is 23.3. The van der Waals surface area contributed by atoms with Gasteiger partial charge in [0.15, 0.2) is 11.6 Å². The van der Waals surface area contributed by atoms with Gasteiger partial charge in [0.25, 0.3) is 5.91 Å². The number of carbonyl (C=O) groups excluding carboxylic acids is 2. The highest BCUT2D eigenvalue weighted by Gasteiger charge is 2.07. The van der Waals surface area contributed by atoms with Crippen molar-refractivity contribution in [2.24, 2.45) is 0 Å². The van der Waals surface area contributed by atoms with Crippen LogP contribution in [-0.2, 0) is 11.3 Å². The molecular formula is C27H21FN4O3. The van der Waals surface area contributed by atoms with Crippen molar-refractivity contribution in [2.75, 3.05) is 5.32 Å². The summed E-state index contributed by atoms with van der Waals surface area (Å²) in [5.41, 5.74) is 2.43. The maximum Gasteiger partial charge on any atom is 0.255 e. The molecule has 0 saturated heterocycles. The van der Waals surface area contributed by atoms with Crippen molar-refractivity contribution in [3.8, 4) is 11.5 Å². The summed E-state index contributed by atoms with van der Waals surface area (Å²) in [7, 11) is 0. The van der Waals surface area contributed by atoms with Gasteiger partial charge < -0.3 is 15.4 Å². The number of aromatic nitrogens is 2. The molecule has 0 aliphatic carbocycles. The average Bonchev–Trinajstić information content (AvgIpc) is 2.89. The SMILES string of the molecule is O=C(/C=C/c1ccc(Oc2cccnc2)c(F)c1)NCc1cccc(NC(=O)c2ccncc2)c1. The van der Waals surface area contributed by atoms with Gasteiger partial charge in [0.05, 0.1) is 6.20 Å². The number of pyridine rings is 2. The van der Waals surface area contributed by atoms with Gasteiger partial charge in [-0.1, -0.05) is 18.2 Å². The van der Waals surface area contributed by atoms with Gasteiger partial charge in [-0.3, -0.25) is 19.6 Å². The Kier molecular flexibility index (Phi) is 7.55. The molecule has 0 unspecified atom stereocenters. The van der Waals surface area contributed by atoms with Crippen LogP contribution in [0.2, 0.25) is 0 Å². The van der Waals surface area contributed by atoms with Crippen LogP contribution in [0.25, 0.3) is 6.08 Å². The van der Waals surface area contributed by atoms with E-state index in [2.05, 4.69) is 20.6 Å². The van der Waals surface area contributed by atoms with E-state index >= 15 is 0 Å². The van der Waals surface area contributed by atoms with Gasteiger partial charge in [-0.15, -0.1) is 0 Å². The molecule has 2 heterocycles. The summed E-state index contributed by atoms with van der Waals surface area (Å²) in [5.74, 6) is -0.652. The van der Waals surface area contributed by atoms with Crippen LogP contribution in [0, 0.1) is 5.82 Å². The van der Waals surface area contributed by atoms with Crippen LogP contribution in [-0.4, -0.2) is 21.8 Å². The van der Waals surface area contributed by atoms with Crippen LogP contribution < -0.4 is 15.4 Å². The zero-order valence-corrected chi connectivity index (χ0v) is 18.5. The fraction of sp³-hybridized carbons (Fsp3) is 0.0370. The first-order valence-corrected chi connectivity index (χ1v) is 10.7. The molecule has 2 aromatic carbocycles. The quantitative estimate of drug-likeness (QED) is 0.356. The summed E-state index contributed by atoms with van der Waals surface area (Å²) >= 11 is 0. The minimum absolute atomic E-state index is 0.0653. The number of nitrogens with one attached hydrogen (secondary N) is 2. The molecule has 7 nitrogen and oxygen atoms in total. The predicted molar refractivity (Wildman–Crippen MR) is 130 cm³/mol. The maximum absolute atomic E-state index is 14.4. The Morgan fingerprint density at radius 3 is 2.57 bits per heavy atom. The second kappa shape index (κ2) is 11.3. The molecule has 0 atom stereocenters. The molecule has 4 rings (SSSR count). The molecule has 4 aromatic rings. The standard InChI is InChI=1S/C27H21FN4O3/c28-24-16-19(6-8-25(24)35-23-5-2-12-30-18-23)7-9-26(33)31-17-20-3-1-4-22(15-20)32-27(34)21-10-13-29-14-11-21/h1-16,18H,17H2,(H,31,33)(H,32,34)/b9-7+. The number of ether oxygens (including phenoxy) is 1. The topological polar surface area (TPSA) is 93.2 Å². The van der Waals surface area contributed by atoms with E-state index in [1.165, 1.54) is 30.5 Å². The summed E-state index contributed by atoms with van der Waals surface area (Å²) in [6, 6.07) is 18.2. The van der Waals surface area contributed by atoms with E-state index in [1.807, 2.05) is 6.07 Å². The number of rotatable bonds is 8. The van der Waals surface area contributed by atoms with Crippen molar-refractivity contribution < 1.29 is 18.7 Å². The fourth-order valence-corrected chi connectivity index (χ4v) is 3.12. The van der Waals surface area contributed by atoms with E-state index in [-0.39, 0.29) is 24.1 Å². The summed E-state index contributed by atoms with van der Waals surface area (Å²) in [6.07, 6.45) is 9.02. The third-order valence-corrected chi connectivity index (χ3v) is 4.84. The summed E-state index contributed by atoms with van der Waals surface area (Å²) < 4.78 is 19.8. The fourth-order valence-electron chi connectivity index (χ4n) is 3.12. The van der Waals surface area contributed by atoms with Gasteiger partial charge in [0.2, 0.25) is 5.91 Å². The van der Waals surface area contributed by atoms with Gasteiger partial charge in [-0.2, -0.15) is 0 Å². The lowest BCUT2D eigenvalue weighted by molar-refractivity contribution is -0.116. The molecule has 0 radical (unpaired) electrons. The molecule has 2 aromatic heterocycles. The van der Waals surface area contributed by atoms with Crippen LogP contribution in [0.5, 0.6) is 11.5 Å². The Morgan fingerprint density at radius 2 is 1.80 bits per heavy atom. The van der Waals surface area contributed by atoms with Gasteiger partial charge in [0.1, 0.15) is 5.75 Å². The summed E-state index contributed by atoms with van der Waals surface area (Å²) in [5, 5.41) is 5.58. The molecule has 0 aliphatic rings. The van der Waals surface area contributed by atoms with Crippen LogP contribution in [0.1, 0.15) is 21.5 Å². The zero-order chi connectivity index (χ0) is 24.5. The van der Waals surface area contributed by atoms with Crippen molar-refractivity contribution in [1.82, 2.24) is 15.3 Å². The van der Waals surface area contributed by atoms with Gasteiger partial charge in [-0.25, -0.2) is 4.39 Å². The third kappa shape index (κ3) is 6.82. The smallest absolute Gasteiger partial charge is 0.255 e. The molecular weight excluding hydrogens is 447 g/mol. The predicted octanol–water partition coefficient (Wildman–Crippen LogP) is 4.99. The second-order valence-corrected chi connectivity index (χ2v) is 7.42. The minimum Gasteiger partial charge on any atom is -0.453 e. The Labute approximate surface area is 201 Å². The number of anilines is 1. The van der Waals surface area contributed by atoms with Gasteiger partial charge in [-0.05, 0) is 65.7 Å². The third-order valence-electron chi connectivity index (χ3n) is 4.84. The van der Waals surface area contributed by atoms with Crippen LogP contribution in [0.3, 0.4) is 0 Å². The molecule has 2 N–H and O–H groups in total. The van der Waals surface area contributed by atoms with E-state index in [1.54, 1.807) is 67.1 Å². The summed E-state index contributed by atoms with van der Waals surface area (Å²) in [4.78, 5) is 32.3. The number of benzene rings is 2. The largest absolute Gasteiger partial charge is 0.453 e. The maximum atomic E-state index is 14.4. The molecule has 0 saturated carbocycles. The van der Waals surface area contributed by atoms with E-state index in [4.69, 9.17) is 4.74 Å². The second-order valence-electron chi connectivity index (χ2n) is 7.42. The minimum atomic E-state index is -0.554. The number of hydrogen-bond acceptors (Lipinski definition) is 5. The Bertz CT molecular complexity index is 1350. The normalized spacial score (nSPS) is 10.7. The van der Waals surface area contributed by atoms with Crippen LogP contribution in [0.4, 0.5) is 10.1 Å². The lowest BCUT2D eigenvalue weighted by Gasteiger charge is -2.08. The molecule has 0 aliphatic heterocycles. The van der Waals surface area contributed by atoms with Crippen molar-refractivity contribution in [3.63, 3.8) is 0 Å². The van der Waals surface area contributed by atoms with Crippen molar-refractivity contribution in [1.29, 1.82) is 0 Å². The Morgan fingerprint density at radius 1 is 0.943 bits per heavy atom. The molecule has 8 heteroatoms. The lowest BCUT2D eigenvalue weighted by atomic mass is 10.1. The monoisotopic (exact) mass is 468 g/mol. The van der Waals surface area contributed by atoms with Crippen LogP contribution in [0.15, 0.2) is 97.6 Å². The van der Waals surface area contributed by atoms with E-state index < -0.39 is 5.82 Å². The first-order valence-electron chi connectivity index (χ1n) is 10.7. The number of hydrogen-bond donors (Lipinski definition) is 2. The Hall–Kier alpha value is -4.85. The van der Waals surface area contributed by atoms with E-state index in [0.29, 0.717) is 22.6 Å². The molecule has 35 heavy (non-hydrogen) atoms. The van der Waals surface area contributed by atoms with Crippen LogP contribution >= 0.6 is 0 Å².